The number of nitrogen functional groups attached to an aromatic ring is 1. The Morgan fingerprint density at radius 3 is 2.82 bits per heavy atom. The molecule has 2 atom stereocenters. The van der Waals surface area contributed by atoms with Crippen molar-refractivity contribution in [2.45, 2.75) is 64.0 Å². The fourth-order valence-corrected chi connectivity index (χ4v) is 4.74. The third-order valence-corrected chi connectivity index (χ3v) is 6.52. The number of carbonyl (C=O) groups excluding carboxylic acids is 1. The maximum absolute atomic E-state index is 12.7. The molecule has 1 aliphatic carbocycles. The first-order valence-corrected chi connectivity index (χ1v) is 12.0. The molecule has 33 heavy (non-hydrogen) atoms. The number of rotatable bonds is 8. The van der Waals surface area contributed by atoms with Crippen molar-refractivity contribution in [2.75, 3.05) is 30.3 Å². The van der Waals surface area contributed by atoms with Gasteiger partial charge in [0.1, 0.15) is 0 Å². The van der Waals surface area contributed by atoms with E-state index >= 15 is 0 Å². The number of aromatic nitrogens is 2. The van der Waals surface area contributed by atoms with E-state index in [0.29, 0.717) is 31.2 Å². The van der Waals surface area contributed by atoms with Gasteiger partial charge in [-0.3, -0.25) is 9.78 Å². The molecule has 4 rings (SSSR count). The predicted octanol–water partition coefficient (Wildman–Crippen LogP) is 3.83. The van der Waals surface area contributed by atoms with Gasteiger partial charge in [0, 0.05) is 43.4 Å². The minimum atomic E-state index is -0.626. The van der Waals surface area contributed by atoms with Crippen LogP contribution in [0, 0.1) is 0 Å². The van der Waals surface area contributed by atoms with Crippen molar-refractivity contribution in [2.24, 2.45) is 0 Å². The Morgan fingerprint density at radius 2 is 2.15 bits per heavy atom. The zero-order valence-corrected chi connectivity index (χ0v) is 19.7. The van der Waals surface area contributed by atoms with Crippen molar-refractivity contribution in [1.29, 1.82) is 0 Å². The number of nitrogens with two attached hydrogens (primary N) is 1. The topological polar surface area (TPSA) is 95.6 Å². The molecular formula is C26H35N5O2. The summed E-state index contributed by atoms with van der Waals surface area (Å²) in [5.41, 5.74) is 11.3. The van der Waals surface area contributed by atoms with Crippen molar-refractivity contribution >= 4 is 23.5 Å². The fourth-order valence-electron chi connectivity index (χ4n) is 4.74. The first kappa shape index (κ1) is 23.2. The summed E-state index contributed by atoms with van der Waals surface area (Å²) in [6.07, 6.45) is 7.27. The molecular weight excluding hydrogens is 414 g/mol. The van der Waals surface area contributed by atoms with Gasteiger partial charge in [-0.15, -0.1) is 0 Å². The van der Waals surface area contributed by atoms with E-state index in [-0.39, 0.29) is 18.4 Å². The quantitative estimate of drug-likeness (QED) is 0.636. The zero-order chi connectivity index (χ0) is 23.5. The molecule has 0 unspecified atom stereocenters. The zero-order valence-electron chi connectivity index (χ0n) is 19.7. The highest BCUT2D eigenvalue weighted by Crippen LogP contribution is 2.45. The number of anilines is 2. The maximum atomic E-state index is 12.7. The van der Waals surface area contributed by atoms with Crippen LogP contribution in [0.25, 0.3) is 17.2 Å². The Morgan fingerprint density at radius 1 is 1.36 bits per heavy atom. The van der Waals surface area contributed by atoms with Crippen molar-refractivity contribution in [3.05, 3.63) is 42.4 Å². The molecule has 0 spiro atoms. The molecule has 0 radical (unpaired) electrons. The van der Waals surface area contributed by atoms with Gasteiger partial charge in [-0.05, 0) is 56.0 Å². The minimum Gasteiger partial charge on any atom is -0.396 e. The van der Waals surface area contributed by atoms with Gasteiger partial charge < -0.3 is 20.6 Å². The lowest BCUT2D eigenvalue weighted by molar-refractivity contribution is -0.136. The molecule has 1 saturated heterocycles. The molecule has 2 aromatic heterocycles. The third kappa shape index (κ3) is 5.19. The molecule has 3 heterocycles. The van der Waals surface area contributed by atoms with Crippen LogP contribution in [0.2, 0.25) is 0 Å². The van der Waals surface area contributed by atoms with Gasteiger partial charge in [0.05, 0.1) is 29.6 Å². The number of piperazine rings is 1. The van der Waals surface area contributed by atoms with E-state index < -0.39 is 6.10 Å². The summed E-state index contributed by atoms with van der Waals surface area (Å²) >= 11 is 0. The van der Waals surface area contributed by atoms with Gasteiger partial charge in [-0.2, -0.15) is 0 Å². The second-order valence-electron chi connectivity index (χ2n) is 9.31. The lowest BCUT2D eigenvalue weighted by Gasteiger charge is -2.42. The van der Waals surface area contributed by atoms with Crippen LogP contribution in [0.5, 0.6) is 0 Å². The number of amides is 1. The Labute approximate surface area is 196 Å². The average molecular weight is 450 g/mol. The van der Waals surface area contributed by atoms with E-state index in [1.54, 1.807) is 19.2 Å². The summed E-state index contributed by atoms with van der Waals surface area (Å²) in [4.78, 5) is 26.3. The standard InChI is InChI=1S/C26H35N5O2/c1-4-6-21-16-30(11-12-31(21)24(33)13-17(3)32)26-23(27)15-22(25(29-26)18-7-8-18)19-9-10-28-20(5-2)14-19/h5,9-10,14-15,17-18,21,32H,2,4,6-8,11-13,16,27H2,1,3H3/t17-,21-/m1/s1. The van der Waals surface area contributed by atoms with Gasteiger partial charge in [0.15, 0.2) is 5.82 Å². The number of hydrogen-bond acceptors (Lipinski definition) is 6. The summed E-state index contributed by atoms with van der Waals surface area (Å²) in [5, 5.41) is 9.68. The van der Waals surface area contributed by atoms with Gasteiger partial charge >= 0.3 is 0 Å². The predicted molar refractivity (Wildman–Crippen MR) is 133 cm³/mol. The monoisotopic (exact) mass is 449 g/mol. The first-order chi connectivity index (χ1) is 15.9. The molecule has 1 aliphatic heterocycles. The van der Waals surface area contributed by atoms with Crippen molar-refractivity contribution in [3.63, 3.8) is 0 Å². The molecule has 7 nitrogen and oxygen atoms in total. The van der Waals surface area contributed by atoms with Crippen LogP contribution in [-0.2, 0) is 4.79 Å². The van der Waals surface area contributed by atoms with E-state index in [2.05, 4.69) is 29.5 Å². The molecule has 0 aromatic carbocycles. The van der Waals surface area contributed by atoms with Crippen LogP contribution in [0.1, 0.15) is 63.3 Å². The lowest BCUT2D eigenvalue weighted by Crippen LogP contribution is -2.56. The number of pyridine rings is 2. The van der Waals surface area contributed by atoms with Crippen molar-refractivity contribution in [3.8, 4) is 11.1 Å². The van der Waals surface area contributed by atoms with E-state index in [9.17, 15) is 9.90 Å². The Kier molecular flexibility index (Phi) is 6.98. The third-order valence-electron chi connectivity index (χ3n) is 6.52. The number of hydrogen-bond donors (Lipinski definition) is 2. The van der Waals surface area contributed by atoms with E-state index in [0.717, 1.165) is 54.0 Å². The Hall–Kier alpha value is -2.93. The van der Waals surface area contributed by atoms with Crippen LogP contribution < -0.4 is 10.6 Å². The average Bonchev–Trinajstić information content (AvgIpc) is 3.64. The number of carbonyl (C=O) groups is 1. The summed E-state index contributed by atoms with van der Waals surface area (Å²) in [5.74, 6) is 1.30. The molecule has 0 bridgehead atoms. The number of aliphatic hydroxyl groups is 1. The maximum Gasteiger partial charge on any atom is 0.225 e. The normalized spacial score (nSPS) is 19.4. The largest absolute Gasteiger partial charge is 0.396 e. The smallest absolute Gasteiger partial charge is 0.225 e. The molecule has 2 aliphatic rings. The highest BCUT2D eigenvalue weighted by Gasteiger charge is 2.34. The van der Waals surface area contributed by atoms with E-state index in [4.69, 9.17) is 10.7 Å². The van der Waals surface area contributed by atoms with Crippen molar-refractivity contribution < 1.29 is 9.90 Å². The van der Waals surface area contributed by atoms with Gasteiger partial charge in [0.25, 0.3) is 0 Å². The summed E-state index contributed by atoms with van der Waals surface area (Å²) in [6, 6.07) is 6.17. The summed E-state index contributed by atoms with van der Waals surface area (Å²) in [6.45, 7) is 9.63. The van der Waals surface area contributed by atoms with Crippen LogP contribution in [0.15, 0.2) is 31.0 Å². The molecule has 1 saturated carbocycles. The van der Waals surface area contributed by atoms with Gasteiger partial charge in [0.2, 0.25) is 5.91 Å². The van der Waals surface area contributed by atoms with Crippen LogP contribution in [-0.4, -0.2) is 57.7 Å². The summed E-state index contributed by atoms with van der Waals surface area (Å²) < 4.78 is 0. The molecule has 3 N–H and O–H groups in total. The van der Waals surface area contributed by atoms with E-state index in [1.165, 1.54) is 0 Å². The van der Waals surface area contributed by atoms with Crippen LogP contribution >= 0.6 is 0 Å². The SMILES string of the molecule is C=Cc1cc(-c2cc(N)c(N3CCN(C(=O)C[C@@H](C)O)[C@H](CCC)C3)nc2C2CC2)ccn1. The highest BCUT2D eigenvalue weighted by molar-refractivity contribution is 5.79. The molecule has 1 amide bonds. The number of nitrogens with zero attached hydrogens (tertiary/aromatic N) is 4. The van der Waals surface area contributed by atoms with Gasteiger partial charge in [-0.1, -0.05) is 19.9 Å². The second-order valence-corrected chi connectivity index (χ2v) is 9.31. The Bertz CT molecular complexity index is 1020. The first-order valence-electron chi connectivity index (χ1n) is 12.0. The molecule has 176 valence electrons. The van der Waals surface area contributed by atoms with Crippen LogP contribution in [0.4, 0.5) is 11.5 Å². The fraction of sp³-hybridized carbons (Fsp3) is 0.500. The minimum absolute atomic E-state index is 0.0220. The highest BCUT2D eigenvalue weighted by atomic mass is 16.3. The number of aliphatic hydroxyl groups excluding tert-OH is 1. The lowest BCUT2D eigenvalue weighted by atomic mass is 10.00. The van der Waals surface area contributed by atoms with Gasteiger partial charge in [-0.25, -0.2) is 4.98 Å². The van der Waals surface area contributed by atoms with E-state index in [1.807, 2.05) is 17.0 Å². The van der Waals surface area contributed by atoms with Crippen LogP contribution in [0.3, 0.4) is 0 Å². The molecule has 2 aromatic rings. The molecule has 7 heteroatoms. The second kappa shape index (κ2) is 9.91. The molecule has 2 fully saturated rings. The Balaban J connectivity index is 1.63. The summed E-state index contributed by atoms with van der Waals surface area (Å²) in [7, 11) is 0. The van der Waals surface area contributed by atoms with Crippen molar-refractivity contribution in [1.82, 2.24) is 14.9 Å².